The van der Waals surface area contributed by atoms with E-state index in [1.807, 2.05) is 30.3 Å². The number of aliphatic hydroxyl groups is 1. The molecule has 2 aromatic carbocycles. The normalized spacial score (nSPS) is 18.2. The Morgan fingerprint density at radius 3 is 2.72 bits per heavy atom. The molecule has 0 aliphatic carbocycles. The molecule has 2 N–H and O–H groups in total. The summed E-state index contributed by atoms with van der Waals surface area (Å²) in [7, 11) is 0. The van der Waals surface area contributed by atoms with Crippen LogP contribution in [0.4, 0.5) is 19.3 Å². The second kappa shape index (κ2) is 7.61. The van der Waals surface area contributed by atoms with Crippen LogP contribution in [0.25, 0.3) is 0 Å². The van der Waals surface area contributed by atoms with Gasteiger partial charge in [-0.2, -0.15) is 0 Å². The molecule has 0 aromatic heterocycles. The van der Waals surface area contributed by atoms with Crippen molar-refractivity contribution in [2.24, 2.45) is 0 Å². The summed E-state index contributed by atoms with van der Waals surface area (Å²) < 4.78 is 26.7. The number of halogens is 2. The van der Waals surface area contributed by atoms with Crippen LogP contribution in [0, 0.1) is 11.6 Å². The maximum atomic E-state index is 13.7. The molecule has 0 saturated carbocycles. The standard InChI is InChI=1S/C19H20F2N2O2/c20-14-8-9-17(16(21)11-14)22-19(25)23-10-4-7-15(23)12-18(24)13-5-2-1-3-6-13/h1-3,5-6,8-9,11,15,18,24H,4,7,10,12H2,(H,22,25). The van der Waals surface area contributed by atoms with Gasteiger partial charge in [0.05, 0.1) is 11.8 Å². The Labute approximate surface area is 145 Å². The van der Waals surface area contributed by atoms with Crippen LogP contribution in [0.3, 0.4) is 0 Å². The van der Waals surface area contributed by atoms with Crippen LogP contribution in [0.5, 0.6) is 0 Å². The third kappa shape index (κ3) is 4.14. The number of nitrogens with one attached hydrogen (secondary N) is 1. The number of hydrogen-bond acceptors (Lipinski definition) is 2. The van der Waals surface area contributed by atoms with Gasteiger partial charge in [-0.15, -0.1) is 0 Å². The zero-order valence-corrected chi connectivity index (χ0v) is 13.7. The molecular formula is C19H20F2N2O2. The molecule has 132 valence electrons. The second-order valence-corrected chi connectivity index (χ2v) is 6.21. The van der Waals surface area contributed by atoms with Crippen LogP contribution < -0.4 is 5.32 Å². The fourth-order valence-corrected chi connectivity index (χ4v) is 3.19. The van der Waals surface area contributed by atoms with Crippen molar-refractivity contribution in [3.05, 3.63) is 65.7 Å². The van der Waals surface area contributed by atoms with Gasteiger partial charge in [-0.25, -0.2) is 13.6 Å². The largest absolute Gasteiger partial charge is 0.388 e. The molecule has 1 fully saturated rings. The van der Waals surface area contributed by atoms with Gasteiger partial charge >= 0.3 is 6.03 Å². The summed E-state index contributed by atoms with van der Waals surface area (Å²) in [6.07, 6.45) is 1.36. The fraction of sp³-hybridized carbons (Fsp3) is 0.316. The summed E-state index contributed by atoms with van der Waals surface area (Å²) in [6.45, 7) is 0.542. The first-order valence-corrected chi connectivity index (χ1v) is 8.30. The van der Waals surface area contributed by atoms with Crippen molar-refractivity contribution in [1.82, 2.24) is 4.90 Å². The zero-order valence-electron chi connectivity index (χ0n) is 13.7. The lowest BCUT2D eigenvalue weighted by Gasteiger charge is -2.27. The van der Waals surface area contributed by atoms with E-state index < -0.39 is 23.8 Å². The van der Waals surface area contributed by atoms with Crippen LogP contribution in [-0.2, 0) is 0 Å². The summed E-state index contributed by atoms with van der Waals surface area (Å²) in [5, 5.41) is 12.9. The van der Waals surface area contributed by atoms with Crippen molar-refractivity contribution in [2.75, 3.05) is 11.9 Å². The maximum absolute atomic E-state index is 13.7. The summed E-state index contributed by atoms with van der Waals surface area (Å²) in [5.74, 6) is -1.51. The maximum Gasteiger partial charge on any atom is 0.322 e. The quantitative estimate of drug-likeness (QED) is 0.876. The van der Waals surface area contributed by atoms with E-state index in [1.165, 1.54) is 6.07 Å². The highest BCUT2D eigenvalue weighted by Crippen LogP contribution is 2.28. The van der Waals surface area contributed by atoms with Crippen LogP contribution >= 0.6 is 0 Å². The predicted molar refractivity (Wildman–Crippen MR) is 91.1 cm³/mol. The summed E-state index contributed by atoms with van der Waals surface area (Å²) in [6, 6.07) is 11.7. The first-order chi connectivity index (χ1) is 12.0. The zero-order chi connectivity index (χ0) is 17.8. The molecule has 1 saturated heterocycles. The first kappa shape index (κ1) is 17.4. The van der Waals surface area contributed by atoms with Gasteiger partial charge in [0.2, 0.25) is 0 Å². The Morgan fingerprint density at radius 2 is 2.00 bits per heavy atom. The minimum absolute atomic E-state index is 0.0549. The van der Waals surface area contributed by atoms with E-state index in [-0.39, 0.29) is 11.7 Å². The Bertz CT molecular complexity index is 739. The third-order valence-corrected chi connectivity index (χ3v) is 4.49. The smallest absolute Gasteiger partial charge is 0.322 e. The molecule has 1 heterocycles. The number of aliphatic hydroxyl groups excluding tert-OH is 1. The Balaban J connectivity index is 1.65. The van der Waals surface area contributed by atoms with Crippen molar-refractivity contribution >= 4 is 11.7 Å². The van der Waals surface area contributed by atoms with E-state index in [4.69, 9.17) is 0 Å². The number of amides is 2. The van der Waals surface area contributed by atoms with Gasteiger partial charge < -0.3 is 15.3 Å². The fourth-order valence-electron chi connectivity index (χ4n) is 3.19. The average Bonchev–Trinajstić information content (AvgIpc) is 3.06. The summed E-state index contributed by atoms with van der Waals surface area (Å²) in [5.41, 5.74) is 0.750. The molecule has 3 rings (SSSR count). The van der Waals surface area contributed by atoms with E-state index in [9.17, 15) is 18.7 Å². The van der Waals surface area contributed by atoms with Gasteiger partial charge in [0.25, 0.3) is 0 Å². The van der Waals surface area contributed by atoms with Crippen molar-refractivity contribution < 1.29 is 18.7 Å². The van der Waals surface area contributed by atoms with E-state index in [2.05, 4.69) is 5.32 Å². The van der Waals surface area contributed by atoms with Crippen molar-refractivity contribution in [3.63, 3.8) is 0 Å². The number of rotatable bonds is 4. The molecule has 2 unspecified atom stereocenters. The lowest BCUT2D eigenvalue weighted by atomic mass is 10.0. The number of urea groups is 1. The minimum atomic E-state index is -0.812. The molecule has 2 amide bonds. The van der Waals surface area contributed by atoms with Crippen LogP contribution in [0.2, 0.25) is 0 Å². The van der Waals surface area contributed by atoms with E-state index in [0.717, 1.165) is 30.5 Å². The Morgan fingerprint density at radius 1 is 1.24 bits per heavy atom. The number of benzene rings is 2. The molecule has 1 aliphatic rings. The molecule has 1 aliphatic heterocycles. The van der Waals surface area contributed by atoms with Crippen molar-refractivity contribution in [3.8, 4) is 0 Å². The highest BCUT2D eigenvalue weighted by atomic mass is 19.1. The van der Waals surface area contributed by atoms with E-state index >= 15 is 0 Å². The molecule has 2 aromatic rings. The van der Waals surface area contributed by atoms with Gasteiger partial charge in [-0.1, -0.05) is 30.3 Å². The van der Waals surface area contributed by atoms with Crippen LogP contribution in [0.15, 0.2) is 48.5 Å². The van der Waals surface area contributed by atoms with Crippen molar-refractivity contribution in [2.45, 2.75) is 31.4 Å². The predicted octanol–water partition coefficient (Wildman–Crippen LogP) is 4.08. The average molecular weight is 346 g/mol. The van der Waals surface area contributed by atoms with E-state index in [0.29, 0.717) is 13.0 Å². The molecule has 25 heavy (non-hydrogen) atoms. The SMILES string of the molecule is O=C(Nc1ccc(F)cc1F)N1CCCC1CC(O)c1ccccc1. The molecular weight excluding hydrogens is 326 g/mol. The molecule has 0 spiro atoms. The number of anilines is 1. The second-order valence-electron chi connectivity index (χ2n) is 6.21. The topological polar surface area (TPSA) is 52.6 Å². The highest BCUT2D eigenvalue weighted by molar-refractivity contribution is 5.89. The number of hydrogen-bond donors (Lipinski definition) is 2. The summed E-state index contributed by atoms with van der Waals surface area (Å²) in [4.78, 5) is 14.1. The monoisotopic (exact) mass is 346 g/mol. The first-order valence-electron chi connectivity index (χ1n) is 8.30. The van der Waals surface area contributed by atoms with Crippen LogP contribution in [0.1, 0.15) is 30.9 Å². The lowest BCUT2D eigenvalue weighted by Crippen LogP contribution is -2.39. The Kier molecular flexibility index (Phi) is 5.28. The lowest BCUT2D eigenvalue weighted by molar-refractivity contribution is 0.129. The van der Waals surface area contributed by atoms with Gasteiger partial charge in [0, 0.05) is 18.7 Å². The van der Waals surface area contributed by atoms with Gasteiger partial charge in [0.1, 0.15) is 11.6 Å². The van der Waals surface area contributed by atoms with Crippen molar-refractivity contribution in [1.29, 1.82) is 0 Å². The number of likely N-dealkylation sites (tertiary alicyclic amines) is 1. The number of nitrogens with zero attached hydrogens (tertiary/aromatic N) is 1. The van der Waals surface area contributed by atoms with Crippen LogP contribution in [-0.4, -0.2) is 28.6 Å². The molecule has 0 radical (unpaired) electrons. The number of carbonyl (C=O) groups is 1. The third-order valence-electron chi connectivity index (χ3n) is 4.49. The summed E-state index contributed by atoms with van der Waals surface area (Å²) >= 11 is 0. The van der Waals surface area contributed by atoms with Gasteiger partial charge in [-0.3, -0.25) is 0 Å². The van der Waals surface area contributed by atoms with Gasteiger partial charge in [0.15, 0.2) is 0 Å². The Hall–Kier alpha value is -2.47. The minimum Gasteiger partial charge on any atom is -0.388 e. The molecule has 2 atom stereocenters. The highest BCUT2D eigenvalue weighted by Gasteiger charge is 2.31. The molecule has 0 bridgehead atoms. The number of carbonyl (C=O) groups excluding carboxylic acids is 1. The molecule has 6 heteroatoms. The van der Waals surface area contributed by atoms with E-state index in [1.54, 1.807) is 4.90 Å². The van der Waals surface area contributed by atoms with Gasteiger partial charge in [-0.05, 0) is 37.0 Å². The molecule has 4 nitrogen and oxygen atoms in total.